The van der Waals surface area contributed by atoms with Crippen molar-refractivity contribution in [1.82, 2.24) is 10.2 Å². The maximum atomic E-state index is 12.3. The lowest BCUT2D eigenvalue weighted by Crippen LogP contribution is -2.44. The highest BCUT2D eigenvalue weighted by molar-refractivity contribution is 5.81. The molecule has 1 aliphatic heterocycles. The first-order valence-corrected chi connectivity index (χ1v) is 9.68. The van der Waals surface area contributed by atoms with Gasteiger partial charge in [0.1, 0.15) is 0 Å². The molecule has 1 heterocycles. The molecule has 4 nitrogen and oxygen atoms in total. The van der Waals surface area contributed by atoms with Gasteiger partial charge in [-0.05, 0) is 19.3 Å². The van der Waals surface area contributed by atoms with Gasteiger partial charge >= 0.3 is 0 Å². The second-order valence-electron chi connectivity index (χ2n) is 6.87. The monoisotopic (exact) mass is 324 g/mol. The Hall–Kier alpha value is -1.06. The first-order valence-electron chi connectivity index (χ1n) is 9.68. The number of carbonyl (C=O) groups is 2. The van der Waals surface area contributed by atoms with E-state index in [4.69, 9.17) is 0 Å². The highest BCUT2D eigenvalue weighted by atomic mass is 16.2. The van der Waals surface area contributed by atoms with Gasteiger partial charge in [-0.1, -0.05) is 58.3 Å². The number of likely N-dealkylation sites (tertiary alicyclic amines) is 1. The highest BCUT2D eigenvalue weighted by Crippen LogP contribution is 2.18. The van der Waals surface area contributed by atoms with Crippen molar-refractivity contribution < 1.29 is 9.59 Å². The van der Waals surface area contributed by atoms with Crippen LogP contribution < -0.4 is 5.32 Å². The standard InChI is InChI=1S/C19H36N2O2/c1-3-4-5-6-7-8-9-10-11-14-18(22)21-15-12-13-17(16-21)19(23)20-2/h17H,3-16H2,1-2H3,(H,20,23). The second kappa shape index (κ2) is 12.4. The number of rotatable bonds is 11. The third-order valence-corrected chi connectivity index (χ3v) is 4.89. The Morgan fingerprint density at radius 1 is 1.00 bits per heavy atom. The molecule has 1 aliphatic rings. The van der Waals surface area contributed by atoms with Crippen LogP contribution in [0.1, 0.15) is 84.0 Å². The summed E-state index contributed by atoms with van der Waals surface area (Å²) in [5.41, 5.74) is 0. The SMILES string of the molecule is CCCCCCCCCCCC(=O)N1CCCC(C(=O)NC)C1. The van der Waals surface area contributed by atoms with Crippen LogP contribution in [-0.2, 0) is 9.59 Å². The quantitative estimate of drug-likeness (QED) is 0.586. The van der Waals surface area contributed by atoms with E-state index in [-0.39, 0.29) is 17.7 Å². The summed E-state index contributed by atoms with van der Waals surface area (Å²) in [6.07, 6.45) is 14.0. The Morgan fingerprint density at radius 2 is 1.61 bits per heavy atom. The normalized spacial score (nSPS) is 18.0. The predicted octanol–water partition coefficient (Wildman–Crippen LogP) is 3.89. The van der Waals surface area contributed by atoms with Gasteiger partial charge in [-0.25, -0.2) is 0 Å². The number of amides is 2. The van der Waals surface area contributed by atoms with Crippen molar-refractivity contribution in [3.05, 3.63) is 0 Å². The van der Waals surface area contributed by atoms with Crippen LogP contribution in [0.4, 0.5) is 0 Å². The summed E-state index contributed by atoms with van der Waals surface area (Å²) < 4.78 is 0. The van der Waals surface area contributed by atoms with E-state index in [1.165, 1.54) is 44.9 Å². The van der Waals surface area contributed by atoms with Gasteiger partial charge in [0.05, 0.1) is 5.92 Å². The number of carbonyl (C=O) groups excluding carboxylic acids is 2. The summed E-state index contributed by atoms with van der Waals surface area (Å²) in [6, 6.07) is 0. The molecule has 0 bridgehead atoms. The number of hydrogen-bond donors (Lipinski definition) is 1. The number of unbranched alkanes of at least 4 members (excludes halogenated alkanes) is 8. The van der Waals surface area contributed by atoms with Crippen molar-refractivity contribution >= 4 is 11.8 Å². The summed E-state index contributed by atoms with van der Waals surface area (Å²) >= 11 is 0. The van der Waals surface area contributed by atoms with Crippen molar-refractivity contribution in [2.75, 3.05) is 20.1 Å². The minimum atomic E-state index is -0.0131. The third-order valence-electron chi connectivity index (χ3n) is 4.89. The van der Waals surface area contributed by atoms with E-state index in [9.17, 15) is 9.59 Å². The van der Waals surface area contributed by atoms with E-state index in [2.05, 4.69) is 12.2 Å². The van der Waals surface area contributed by atoms with Gasteiger partial charge in [0, 0.05) is 26.6 Å². The summed E-state index contributed by atoms with van der Waals surface area (Å²) in [5.74, 6) is 0.299. The van der Waals surface area contributed by atoms with Crippen molar-refractivity contribution in [3.8, 4) is 0 Å². The minimum absolute atomic E-state index is 0.0131. The Kier molecular flexibility index (Phi) is 10.8. The molecule has 23 heavy (non-hydrogen) atoms. The van der Waals surface area contributed by atoms with E-state index in [0.717, 1.165) is 32.2 Å². The molecule has 4 heteroatoms. The molecule has 2 amide bonds. The van der Waals surface area contributed by atoms with Crippen LogP contribution in [0.5, 0.6) is 0 Å². The molecule has 1 N–H and O–H groups in total. The van der Waals surface area contributed by atoms with Crippen molar-refractivity contribution in [2.45, 2.75) is 84.0 Å². The molecule has 1 rings (SSSR count). The first-order chi connectivity index (χ1) is 11.2. The number of hydrogen-bond acceptors (Lipinski definition) is 2. The molecule has 0 aliphatic carbocycles. The van der Waals surface area contributed by atoms with Crippen LogP contribution in [-0.4, -0.2) is 36.9 Å². The summed E-state index contributed by atoms with van der Waals surface area (Å²) in [5, 5.41) is 2.70. The smallest absolute Gasteiger partial charge is 0.224 e. The third kappa shape index (κ3) is 8.38. The minimum Gasteiger partial charge on any atom is -0.359 e. The van der Waals surface area contributed by atoms with E-state index in [0.29, 0.717) is 13.0 Å². The molecular weight excluding hydrogens is 288 g/mol. The summed E-state index contributed by atoms with van der Waals surface area (Å²) in [7, 11) is 1.67. The summed E-state index contributed by atoms with van der Waals surface area (Å²) in [6.45, 7) is 3.68. The average molecular weight is 325 g/mol. The molecule has 0 saturated carbocycles. The Morgan fingerprint density at radius 3 is 2.22 bits per heavy atom. The fourth-order valence-electron chi connectivity index (χ4n) is 3.37. The van der Waals surface area contributed by atoms with Crippen molar-refractivity contribution in [3.63, 3.8) is 0 Å². The Bertz CT molecular complexity index is 344. The molecule has 1 fully saturated rings. The number of nitrogens with zero attached hydrogens (tertiary/aromatic N) is 1. The number of piperidine rings is 1. The van der Waals surface area contributed by atoms with E-state index in [1.807, 2.05) is 4.90 Å². The number of nitrogens with one attached hydrogen (secondary N) is 1. The second-order valence-corrected chi connectivity index (χ2v) is 6.87. The summed E-state index contributed by atoms with van der Waals surface area (Å²) in [4.78, 5) is 25.9. The molecule has 1 saturated heterocycles. The van der Waals surface area contributed by atoms with Crippen LogP contribution in [0.15, 0.2) is 0 Å². The van der Waals surface area contributed by atoms with E-state index >= 15 is 0 Å². The van der Waals surface area contributed by atoms with Crippen LogP contribution in [0, 0.1) is 5.92 Å². The molecule has 0 aromatic rings. The van der Waals surface area contributed by atoms with E-state index < -0.39 is 0 Å². The zero-order valence-corrected chi connectivity index (χ0v) is 15.2. The zero-order valence-electron chi connectivity index (χ0n) is 15.2. The van der Waals surface area contributed by atoms with Gasteiger partial charge in [0.15, 0.2) is 0 Å². The van der Waals surface area contributed by atoms with Gasteiger partial charge in [-0.3, -0.25) is 9.59 Å². The van der Waals surface area contributed by atoms with Crippen LogP contribution in [0.25, 0.3) is 0 Å². The van der Waals surface area contributed by atoms with E-state index in [1.54, 1.807) is 7.05 Å². The van der Waals surface area contributed by atoms with Gasteiger partial charge in [-0.2, -0.15) is 0 Å². The molecule has 0 aromatic carbocycles. The fraction of sp³-hybridized carbons (Fsp3) is 0.895. The lowest BCUT2D eigenvalue weighted by Gasteiger charge is -2.32. The van der Waals surface area contributed by atoms with Crippen LogP contribution >= 0.6 is 0 Å². The topological polar surface area (TPSA) is 49.4 Å². The Balaban J connectivity index is 2.06. The lowest BCUT2D eigenvalue weighted by molar-refractivity contribution is -0.135. The molecule has 0 radical (unpaired) electrons. The molecule has 0 spiro atoms. The molecule has 1 atom stereocenters. The molecular formula is C19H36N2O2. The largest absolute Gasteiger partial charge is 0.359 e. The maximum Gasteiger partial charge on any atom is 0.224 e. The fourth-order valence-corrected chi connectivity index (χ4v) is 3.37. The predicted molar refractivity (Wildman–Crippen MR) is 95.2 cm³/mol. The lowest BCUT2D eigenvalue weighted by atomic mass is 9.96. The molecule has 0 aromatic heterocycles. The maximum absolute atomic E-state index is 12.3. The van der Waals surface area contributed by atoms with Crippen LogP contribution in [0.2, 0.25) is 0 Å². The van der Waals surface area contributed by atoms with Gasteiger partial charge in [-0.15, -0.1) is 0 Å². The van der Waals surface area contributed by atoms with Gasteiger partial charge in [0.2, 0.25) is 11.8 Å². The van der Waals surface area contributed by atoms with Crippen LogP contribution in [0.3, 0.4) is 0 Å². The van der Waals surface area contributed by atoms with Crippen molar-refractivity contribution in [1.29, 1.82) is 0 Å². The van der Waals surface area contributed by atoms with Crippen molar-refractivity contribution in [2.24, 2.45) is 5.92 Å². The van der Waals surface area contributed by atoms with Gasteiger partial charge in [0.25, 0.3) is 0 Å². The van der Waals surface area contributed by atoms with Gasteiger partial charge < -0.3 is 10.2 Å². The highest BCUT2D eigenvalue weighted by Gasteiger charge is 2.27. The molecule has 134 valence electrons. The Labute approximate surface area is 142 Å². The first kappa shape index (κ1) is 20.0. The average Bonchev–Trinajstić information content (AvgIpc) is 2.59. The molecule has 1 unspecified atom stereocenters. The zero-order chi connectivity index (χ0) is 16.9.